The average molecular weight is 421 g/mol. The van der Waals surface area contributed by atoms with Crippen molar-refractivity contribution in [3.8, 4) is 0 Å². The number of nitrogens with zero attached hydrogens (tertiary/aromatic N) is 1. The van der Waals surface area contributed by atoms with Crippen molar-refractivity contribution in [3.63, 3.8) is 0 Å². The maximum atomic E-state index is 12.9. The lowest BCUT2D eigenvalue weighted by Gasteiger charge is -2.27. The van der Waals surface area contributed by atoms with Crippen molar-refractivity contribution in [1.82, 2.24) is 4.90 Å². The van der Waals surface area contributed by atoms with Crippen LogP contribution < -0.4 is 4.72 Å². The fraction of sp³-hybridized carbons (Fsp3) is 0.350. The van der Waals surface area contributed by atoms with E-state index in [0.717, 1.165) is 16.0 Å². The monoisotopic (exact) mass is 420 g/mol. The first-order chi connectivity index (χ1) is 13.3. The Balaban J connectivity index is 1.93. The molecule has 0 radical (unpaired) electrons. The average Bonchev–Trinajstić information content (AvgIpc) is 2.66. The van der Waals surface area contributed by atoms with Crippen LogP contribution in [0.25, 0.3) is 0 Å². The van der Waals surface area contributed by atoms with Crippen molar-refractivity contribution in [1.29, 1.82) is 0 Å². The van der Waals surface area contributed by atoms with Crippen molar-refractivity contribution in [2.45, 2.75) is 23.6 Å². The fourth-order valence-electron chi connectivity index (χ4n) is 3.21. The second kappa shape index (κ2) is 8.55. The molecule has 6 nitrogen and oxygen atoms in total. The van der Waals surface area contributed by atoms with Gasteiger partial charge in [0.2, 0.25) is 0 Å². The predicted octanol–water partition coefficient (Wildman–Crippen LogP) is 3.30. The molecule has 1 saturated heterocycles. The predicted molar refractivity (Wildman–Crippen MR) is 112 cm³/mol. The van der Waals surface area contributed by atoms with Crippen LogP contribution >= 0.6 is 11.8 Å². The minimum atomic E-state index is -3.81. The molecule has 1 heterocycles. The van der Waals surface area contributed by atoms with Gasteiger partial charge in [-0.25, -0.2) is 8.42 Å². The highest BCUT2D eigenvalue weighted by molar-refractivity contribution is 7.98. The van der Waals surface area contributed by atoms with Crippen LogP contribution in [0.2, 0.25) is 0 Å². The molecule has 0 aromatic heterocycles. The molecule has 1 aliphatic heterocycles. The fourth-order valence-corrected chi connectivity index (χ4v) is 4.84. The summed E-state index contributed by atoms with van der Waals surface area (Å²) in [6, 6.07) is 10.2. The second-order valence-electron chi connectivity index (χ2n) is 6.75. The third-order valence-electron chi connectivity index (χ3n) is 4.48. The van der Waals surface area contributed by atoms with Gasteiger partial charge in [0.1, 0.15) is 0 Å². The second-order valence-corrected chi connectivity index (χ2v) is 9.28. The van der Waals surface area contributed by atoms with Crippen LogP contribution in [0.15, 0.2) is 46.2 Å². The van der Waals surface area contributed by atoms with E-state index in [4.69, 9.17) is 4.74 Å². The lowest BCUT2D eigenvalue weighted by Crippen LogP contribution is -2.40. The van der Waals surface area contributed by atoms with Crippen LogP contribution in [0, 0.1) is 13.8 Å². The minimum absolute atomic E-state index is 0.0704. The normalized spacial score (nSPS) is 14.8. The van der Waals surface area contributed by atoms with Gasteiger partial charge in [-0.05, 0) is 61.6 Å². The number of carbonyl (C=O) groups is 1. The molecule has 0 aliphatic carbocycles. The minimum Gasteiger partial charge on any atom is -0.378 e. The van der Waals surface area contributed by atoms with Crippen LogP contribution in [0.5, 0.6) is 0 Å². The summed E-state index contributed by atoms with van der Waals surface area (Å²) >= 11 is 1.42. The first-order valence-electron chi connectivity index (χ1n) is 8.96. The molecule has 8 heteroatoms. The quantitative estimate of drug-likeness (QED) is 0.751. The topological polar surface area (TPSA) is 75.7 Å². The molecule has 0 unspecified atom stereocenters. The van der Waals surface area contributed by atoms with E-state index in [1.165, 1.54) is 23.9 Å². The van der Waals surface area contributed by atoms with Gasteiger partial charge in [-0.1, -0.05) is 6.07 Å². The number of sulfonamides is 1. The Labute approximate surface area is 170 Å². The first kappa shape index (κ1) is 20.7. The van der Waals surface area contributed by atoms with E-state index in [1.54, 1.807) is 23.1 Å². The van der Waals surface area contributed by atoms with E-state index < -0.39 is 10.0 Å². The number of nitrogens with one attached hydrogen (secondary N) is 1. The molecular formula is C20H24N2O4S2. The SMILES string of the molecule is CSc1ccc(S(=O)(=O)Nc2cc(C)cc(C)c2)cc1C(=O)N1CCOCC1. The summed E-state index contributed by atoms with van der Waals surface area (Å²) in [5.41, 5.74) is 2.85. The first-order valence-corrected chi connectivity index (χ1v) is 11.7. The number of rotatable bonds is 5. The van der Waals surface area contributed by atoms with E-state index in [0.29, 0.717) is 37.6 Å². The molecule has 1 N–H and O–H groups in total. The Hall–Kier alpha value is -2.03. The van der Waals surface area contributed by atoms with Crippen molar-refractivity contribution in [2.24, 2.45) is 0 Å². The van der Waals surface area contributed by atoms with Crippen molar-refractivity contribution in [2.75, 3.05) is 37.3 Å². The molecule has 2 aromatic carbocycles. The molecule has 1 amide bonds. The third kappa shape index (κ3) is 4.68. The molecule has 0 bridgehead atoms. The molecule has 0 atom stereocenters. The highest BCUT2D eigenvalue weighted by Crippen LogP contribution is 2.27. The molecule has 1 fully saturated rings. The van der Waals surface area contributed by atoms with Crippen LogP contribution in [-0.2, 0) is 14.8 Å². The van der Waals surface area contributed by atoms with Crippen molar-refractivity contribution < 1.29 is 17.9 Å². The molecule has 28 heavy (non-hydrogen) atoms. The van der Waals surface area contributed by atoms with Gasteiger partial charge in [-0.2, -0.15) is 0 Å². The highest BCUT2D eigenvalue weighted by atomic mass is 32.2. The largest absolute Gasteiger partial charge is 0.378 e. The lowest BCUT2D eigenvalue weighted by molar-refractivity contribution is 0.0300. The number of hydrogen-bond acceptors (Lipinski definition) is 5. The van der Waals surface area contributed by atoms with Crippen LogP contribution in [-0.4, -0.2) is 51.8 Å². The van der Waals surface area contributed by atoms with E-state index in [2.05, 4.69) is 4.72 Å². The number of thioether (sulfide) groups is 1. The van der Waals surface area contributed by atoms with E-state index in [-0.39, 0.29) is 10.8 Å². The number of aryl methyl sites for hydroxylation is 2. The van der Waals surface area contributed by atoms with Gasteiger partial charge >= 0.3 is 0 Å². The van der Waals surface area contributed by atoms with Gasteiger partial charge in [-0.15, -0.1) is 11.8 Å². The lowest BCUT2D eigenvalue weighted by atomic mass is 10.1. The van der Waals surface area contributed by atoms with Gasteiger partial charge in [0.15, 0.2) is 0 Å². The molecule has 0 spiro atoms. The van der Waals surface area contributed by atoms with Gasteiger partial charge in [0.05, 0.1) is 23.7 Å². The highest BCUT2D eigenvalue weighted by Gasteiger charge is 2.24. The summed E-state index contributed by atoms with van der Waals surface area (Å²) in [5, 5.41) is 0. The summed E-state index contributed by atoms with van der Waals surface area (Å²) < 4.78 is 33.7. The number of anilines is 1. The third-order valence-corrected chi connectivity index (χ3v) is 6.66. The zero-order valence-electron chi connectivity index (χ0n) is 16.2. The van der Waals surface area contributed by atoms with E-state index in [9.17, 15) is 13.2 Å². The number of ether oxygens (including phenoxy) is 1. The van der Waals surface area contributed by atoms with Crippen molar-refractivity contribution in [3.05, 3.63) is 53.1 Å². The maximum absolute atomic E-state index is 12.9. The number of hydrogen-bond donors (Lipinski definition) is 1. The van der Waals surface area contributed by atoms with Crippen molar-refractivity contribution >= 4 is 33.4 Å². The molecule has 3 rings (SSSR count). The number of carbonyl (C=O) groups excluding carboxylic acids is 1. The van der Waals surface area contributed by atoms with Gasteiger partial charge in [-0.3, -0.25) is 9.52 Å². The Bertz CT molecular complexity index is 963. The Morgan fingerprint density at radius 3 is 2.32 bits per heavy atom. The number of amides is 1. The molecular weight excluding hydrogens is 396 g/mol. The molecule has 2 aromatic rings. The molecule has 1 aliphatic rings. The number of morpholine rings is 1. The molecule has 150 valence electrons. The van der Waals surface area contributed by atoms with Crippen LogP contribution in [0.3, 0.4) is 0 Å². The maximum Gasteiger partial charge on any atom is 0.261 e. The van der Waals surface area contributed by atoms with Gasteiger partial charge in [0, 0.05) is 23.7 Å². The summed E-state index contributed by atoms with van der Waals surface area (Å²) in [4.78, 5) is 15.5. The smallest absolute Gasteiger partial charge is 0.261 e. The Morgan fingerprint density at radius 2 is 1.71 bits per heavy atom. The standard InChI is InChI=1S/C20H24N2O4S2/c1-14-10-15(2)12-16(11-14)21-28(24,25)17-4-5-19(27-3)18(13-17)20(23)22-6-8-26-9-7-22/h4-5,10-13,21H,6-9H2,1-3H3. The van der Waals surface area contributed by atoms with E-state index in [1.807, 2.05) is 26.2 Å². The Morgan fingerprint density at radius 1 is 1.07 bits per heavy atom. The van der Waals surface area contributed by atoms with Crippen LogP contribution in [0.1, 0.15) is 21.5 Å². The zero-order chi connectivity index (χ0) is 20.3. The van der Waals surface area contributed by atoms with Gasteiger partial charge in [0.25, 0.3) is 15.9 Å². The van der Waals surface area contributed by atoms with Gasteiger partial charge < -0.3 is 9.64 Å². The summed E-state index contributed by atoms with van der Waals surface area (Å²) in [6.45, 7) is 5.82. The Kier molecular flexibility index (Phi) is 6.32. The summed E-state index contributed by atoms with van der Waals surface area (Å²) in [7, 11) is -3.81. The van der Waals surface area contributed by atoms with Crippen LogP contribution in [0.4, 0.5) is 5.69 Å². The molecule has 0 saturated carbocycles. The zero-order valence-corrected chi connectivity index (χ0v) is 17.8. The number of benzene rings is 2. The van der Waals surface area contributed by atoms with E-state index >= 15 is 0 Å². The summed E-state index contributed by atoms with van der Waals surface area (Å²) in [6.07, 6.45) is 1.87. The summed E-state index contributed by atoms with van der Waals surface area (Å²) in [5.74, 6) is -0.170.